The average Bonchev–Trinajstić information content (AvgIpc) is 2.95. The number of hydrogen-bond acceptors (Lipinski definition) is 2. The molecule has 1 heterocycles. The highest BCUT2D eigenvalue weighted by Gasteiger charge is 2.41. The first-order chi connectivity index (χ1) is 7.06. The van der Waals surface area contributed by atoms with Crippen LogP contribution in [0, 0.1) is 5.82 Å². The Labute approximate surface area is 97.8 Å². The second kappa shape index (κ2) is 3.89. The van der Waals surface area contributed by atoms with Crippen molar-refractivity contribution in [3.05, 3.63) is 27.8 Å². The highest BCUT2D eigenvalue weighted by Crippen LogP contribution is 2.39. The first kappa shape index (κ1) is 11.1. The quantitative estimate of drug-likeness (QED) is 0.833. The van der Waals surface area contributed by atoms with E-state index in [-0.39, 0.29) is 10.7 Å². The van der Waals surface area contributed by atoms with Gasteiger partial charge in [-0.3, -0.25) is 0 Å². The molecule has 1 aliphatic carbocycles. The molecule has 0 aliphatic heterocycles. The lowest BCUT2D eigenvalue weighted by Crippen LogP contribution is -2.29. The molecule has 0 atom stereocenters. The van der Waals surface area contributed by atoms with Gasteiger partial charge in [0.25, 0.3) is 0 Å². The van der Waals surface area contributed by atoms with Crippen LogP contribution in [0.3, 0.4) is 0 Å². The number of nitrogens with one attached hydrogen (secondary N) is 1. The molecule has 0 saturated heterocycles. The molecule has 1 aliphatic rings. The SMILES string of the molecule is CNC1(Cc2cc(F)c(Cl)nc2Cl)CC1. The number of nitrogens with zero attached hydrogens (tertiary/aromatic N) is 1. The van der Waals surface area contributed by atoms with Gasteiger partial charge in [-0.05, 0) is 37.9 Å². The van der Waals surface area contributed by atoms with Crippen LogP contribution >= 0.6 is 23.2 Å². The van der Waals surface area contributed by atoms with Crippen molar-refractivity contribution in [3.8, 4) is 0 Å². The van der Waals surface area contributed by atoms with Crippen molar-refractivity contribution in [1.29, 1.82) is 0 Å². The fourth-order valence-corrected chi connectivity index (χ4v) is 2.03. The van der Waals surface area contributed by atoms with E-state index < -0.39 is 5.82 Å². The minimum Gasteiger partial charge on any atom is -0.314 e. The summed E-state index contributed by atoms with van der Waals surface area (Å²) in [6, 6.07) is 1.37. The Kier molecular flexibility index (Phi) is 2.88. The molecule has 1 fully saturated rings. The van der Waals surface area contributed by atoms with Gasteiger partial charge in [-0.25, -0.2) is 9.37 Å². The topological polar surface area (TPSA) is 24.9 Å². The second-order valence-corrected chi connectivity index (χ2v) is 4.63. The molecule has 0 unspecified atom stereocenters. The van der Waals surface area contributed by atoms with E-state index in [2.05, 4.69) is 10.3 Å². The maximum absolute atomic E-state index is 13.2. The number of pyridine rings is 1. The summed E-state index contributed by atoms with van der Waals surface area (Å²) < 4.78 is 13.2. The van der Waals surface area contributed by atoms with Gasteiger partial charge < -0.3 is 5.32 Å². The largest absolute Gasteiger partial charge is 0.314 e. The van der Waals surface area contributed by atoms with E-state index in [1.807, 2.05) is 7.05 Å². The van der Waals surface area contributed by atoms with E-state index in [0.29, 0.717) is 17.1 Å². The highest BCUT2D eigenvalue weighted by atomic mass is 35.5. The summed E-state index contributed by atoms with van der Waals surface area (Å²) in [5.41, 5.74) is 0.802. The highest BCUT2D eigenvalue weighted by molar-refractivity contribution is 6.32. The molecule has 0 spiro atoms. The van der Waals surface area contributed by atoms with E-state index in [1.54, 1.807) is 0 Å². The predicted octanol–water partition coefficient (Wildman–Crippen LogP) is 2.82. The first-order valence-corrected chi connectivity index (χ1v) is 5.51. The van der Waals surface area contributed by atoms with Crippen molar-refractivity contribution in [1.82, 2.24) is 10.3 Å². The van der Waals surface area contributed by atoms with Crippen LogP contribution in [0.2, 0.25) is 10.3 Å². The van der Waals surface area contributed by atoms with E-state index in [4.69, 9.17) is 23.2 Å². The molecule has 1 saturated carbocycles. The maximum Gasteiger partial charge on any atom is 0.166 e. The molecule has 0 aromatic carbocycles. The van der Waals surface area contributed by atoms with Gasteiger partial charge in [0.05, 0.1) is 0 Å². The molecule has 2 rings (SSSR count). The van der Waals surface area contributed by atoms with Crippen molar-refractivity contribution in [2.45, 2.75) is 24.8 Å². The Morgan fingerprint density at radius 3 is 2.67 bits per heavy atom. The standard InChI is InChI=1S/C10H11Cl2FN2/c1-14-10(2-3-10)5-6-4-7(13)9(12)15-8(6)11/h4,14H,2-3,5H2,1H3. The number of aromatic nitrogens is 1. The molecule has 5 heteroatoms. The normalized spacial score (nSPS) is 17.9. The van der Waals surface area contributed by atoms with Crippen LogP contribution in [0.15, 0.2) is 6.07 Å². The Bertz CT molecular complexity index is 391. The van der Waals surface area contributed by atoms with Gasteiger partial charge in [0.2, 0.25) is 0 Å². The zero-order valence-corrected chi connectivity index (χ0v) is 9.79. The lowest BCUT2D eigenvalue weighted by atomic mass is 10.1. The van der Waals surface area contributed by atoms with Crippen molar-refractivity contribution < 1.29 is 4.39 Å². The number of hydrogen-bond donors (Lipinski definition) is 1. The molecular formula is C10H11Cl2FN2. The van der Waals surface area contributed by atoms with E-state index in [0.717, 1.165) is 12.8 Å². The van der Waals surface area contributed by atoms with Gasteiger partial charge in [0.15, 0.2) is 11.0 Å². The van der Waals surface area contributed by atoms with Crippen LogP contribution < -0.4 is 5.32 Å². The summed E-state index contributed by atoms with van der Waals surface area (Å²) in [7, 11) is 1.90. The van der Waals surface area contributed by atoms with E-state index in [1.165, 1.54) is 6.07 Å². The third kappa shape index (κ3) is 2.25. The van der Waals surface area contributed by atoms with E-state index in [9.17, 15) is 4.39 Å². The molecule has 15 heavy (non-hydrogen) atoms. The molecule has 0 amide bonds. The molecular weight excluding hydrogens is 238 g/mol. The lowest BCUT2D eigenvalue weighted by Gasteiger charge is -2.14. The predicted molar refractivity (Wildman–Crippen MR) is 58.9 cm³/mol. The summed E-state index contributed by atoms with van der Waals surface area (Å²) in [5.74, 6) is -0.511. The summed E-state index contributed by atoms with van der Waals surface area (Å²) in [5, 5.41) is 3.35. The van der Waals surface area contributed by atoms with Crippen molar-refractivity contribution in [2.24, 2.45) is 0 Å². The van der Waals surface area contributed by atoms with Gasteiger partial charge >= 0.3 is 0 Å². The minimum atomic E-state index is -0.511. The summed E-state index contributed by atoms with van der Waals surface area (Å²) in [4.78, 5) is 3.75. The molecule has 2 nitrogen and oxygen atoms in total. The van der Waals surface area contributed by atoms with Gasteiger partial charge in [-0.1, -0.05) is 23.2 Å². The zero-order chi connectivity index (χ0) is 11.1. The maximum atomic E-state index is 13.2. The van der Waals surface area contributed by atoms with Crippen molar-refractivity contribution >= 4 is 23.2 Å². The van der Waals surface area contributed by atoms with Crippen LogP contribution in [0.5, 0.6) is 0 Å². The zero-order valence-electron chi connectivity index (χ0n) is 8.28. The summed E-state index contributed by atoms with van der Waals surface area (Å²) in [6.07, 6.45) is 2.87. The molecule has 1 aromatic heterocycles. The Morgan fingerprint density at radius 2 is 2.13 bits per heavy atom. The van der Waals surface area contributed by atoms with Crippen molar-refractivity contribution in [2.75, 3.05) is 7.05 Å². The molecule has 0 radical (unpaired) electrons. The van der Waals surface area contributed by atoms with Gasteiger partial charge in [0.1, 0.15) is 5.15 Å². The van der Waals surface area contributed by atoms with Crippen LogP contribution in [-0.4, -0.2) is 17.6 Å². The molecule has 82 valence electrons. The van der Waals surface area contributed by atoms with Gasteiger partial charge in [0, 0.05) is 5.54 Å². The summed E-state index contributed by atoms with van der Waals surface area (Å²) >= 11 is 11.4. The molecule has 1 N–H and O–H groups in total. The second-order valence-electron chi connectivity index (χ2n) is 3.92. The summed E-state index contributed by atoms with van der Waals surface area (Å²) in [6.45, 7) is 0. The Hall–Kier alpha value is -0.380. The Morgan fingerprint density at radius 1 is 1.47 bits per heavy atom. The number of halogens is 3. The third-order valence-corrected chi connectivity index (χ3v) is 3.46. The Balaban J connectivity index is 2.25. The fourth-order valence-electron chi connectivity index (χ4n) is 1.64. The van der Waals surface area contributed by atoms with Crippen LogP contribution in [0.1, 0.15) is 18.4 Å². The fraction of sp³-hybridized carbons (Fsp3) is 0.500. The van der Waals surface area contributed by atoms with Crippen LogP contribution in [0.4, 0.5) is 4.39 Å². The van der Waals surface area contributed by atoms with Crippen LogP contribution in [0.25, 0.3) is 0 Å². The average molecular weight is 249 g/mol. The number of likely N-dealkylation sites (N-methyl/N-ethyl adjacent to an activating group) is 1. The van der Waals surface area contributed by atoms with Gasteiger partial charge in [-0.15, -0.1) is 0 Å². The van der Waals surface area contributed by atoms with E-state index >= 15 is 0 Å². The first-order valence-electron chi connectivity index (χ1n) is 4.76. The third-order valence-electron chi connectivity index (χ3n) is 2.87. The van der Waals surface area contributed by atoms with Crippen LogP contribution in [-0.2, 0) is 6.42 Å². The lowest BCUT2D eigenvalue weighted by molar-refractivity contribution is 0.543. The molecule has 0 bridgehead atoms. The van der Waals surface area contributed by atoms with Gasteiger partial charge in [-0.2, -0.15) is 0 Å². The minimum absolute atomic E-state index is 0.0889. The molecule has 1 aromatic rings. The smallest absolute Gasteiger partial charge is 0.166 e. The number of rotatable bonds is 3. The van der Waals surface area contributed by atoms with Crippen molar-refractivity contribution in [3.63, 3.8) is 0 Å². The monoisotopic (exact) mass is 248 g/mol.